The second-order valence-electron chi connectivity index (χ2n) is 4.49. The van der Waals surface area contributed by atoms with Crippen LogP contribution in [0.2, 0.25) is 5.02 Å². The highest BCUT2D eigenvalue weighted by Gasteiger charge is 2.10. The number of hydrogen-bond acceptors (Lipinski definition) is 3. The van der Waals surface area contributed by atoms with Gasteiger partial charge in [-0.3, -0.25) is 4.79 Å². The number of hydrogen-bond donors (Lipinski definition) is 1. The van der Waals surface area contributed by atoms with Gasteiger partial charge in [0.15, 0.2) is 0 Å². The lowest BCUT2D eigenvalue weighted by molar-refractivity contribution is 0.0600. The molecule has 0 radical (unpaired) electrons. The molecule has 0 fully saturated rings. The van der Waals surface area contributed by atoms with Crippen LogP contribution in [0.15, 0.2) is 42.5 Å². The van der Waals surface area contributed by atoms with Gasteiger partial charge in [-0.2, -0.15) is 0 Å². The Morgan fingerprint density at radius 2 is 1.86 bits per heavy atom. The molecular formula is C16H14ClNO3. The molecule has 0 aliphatic carbocycles. The predicted molar refractivity (Wildman–Crippen MR) is 81.9 cm³/mol. The van der Waals surface area contributed by atoms with E-state index in [-0.39, 0.29) is 5.91 Å². The summed E-state index contributed by atoms with van der Waals surface area (Å²) in [5.41, 5.74) is 2.23. The van der Waals surface area contributed by atoms with Crippen LogP contribution in [0.4, 0.5) is 5.69 Å². The normalized spacial score (nSPS) is 10.0. The summed E-state index contributed by atoms with van der Waals surface area (Å²) >= 11 is 5.93. The third-order valence-corrected chi connectivity index (χ3v) is 3.39. The fraction of sp³-hybridized carbons (Fsp3) is 0.125. The molecule has 1 amide bonds. The smallest absolute Gasteiger partial charge is 0.337 e. The Labute approximate surface area is 127 Å². The molecule has 0 saturated heterocycles. The summed E-state index contributed by atoms with van der Waals surface area (Å²) in [6, 6.07) is 11.6. The molecule has 108 valence electrons. The van der Waals surface area contributed by atoms with Crippen molar-refractivity contribution in [2.75, 3.05) is 12.4 Å². The monoisotopic (exact) mass is 303 g/mol. The van der Waals surface area contributed by atoms with Crippen LogP contribution in [0.5, 0.6) is 0 Å². The third kappa shape index (κ3) is 3.61. The van der Waals surface area contributed by atoms with Gasteiger partial charge in [0.25, 0.3) is 5.91 Å². The SMILES string of the molecule is COC(=O)c1cccc(NC(=O)c2ccc(Cl)c(C)c2)c1. The lowest BCUT2D eigenvalue weighted by atomic mass is 10.1. The van der Waals surface area contributed by atoms with Crippen LogP contribution in [0.1, 0.15) is 26.3 Å². The zero-order chi connectivity index (χ0) is 15.4. The topological polar surface area (TPSA) is 55.4 Å². The number of carbonyl (C=O) groups excluding carboxylic acids is 2. The van der Waals surface area contributed by atoms with Crippen molar-refractivity contribution in [3.05, 3.63) is 64.2 Å². The lowest BCUT2D eigenvalue weighted by Crippen LogP contribution is -2.12. The van der Waals surface area contributed by atoms with Crippen molar-refractivity contribution in [1.82, 2.24) is 0 Å². The molecule has 2 aromatic carbocycles. The van der Waals surface area contributed by atoms with Crippen molar-refractivity contribution < 1.29 is 14.3 Å². The van der Waals surface area contributed by atoms with E-state index in [0.29, 0.717) is 21.8 Å². The molecule has 21 heavy (non-hydrogen) atoms. The minimum absolute atomic E-state index is 0.267. The average molecular weight is 304 g/mol. The number of anilines is 1. The summed E-state index contributed by atoms with van der Waals surface area (Å²) in [6.45, 7) is 1.83. The molecular weight excluding hydrogens is 290 g/mol. The van der Waals surface area contributed by atoms with Gasteiger partial charge >= 0.3 is 5.97 Å². The third-order valence-electron chi connectivity index (χ3n) is 2.96. The van der Waals surface area contributed by atoms with Crippen molar-refractivity contribution in [3.8, 4) is 0 Å². The van der Waals surface area contributed by atoms with Crippen molar-refractivity contribution in [3.63, 3.8) is 0 Å². The Kier molecular flexibility index (Phi) is 4.60. The number of ether oxygens (including phenoxy) is 1. The number of aryl methyl sites for hydroxylation is 1. The number of amides is 1. The Hall–Kier alpha value is -2.33. The van der Waals surface area contributed by atoms with Gasteiger partial charge in [0.1, 0.15) is 0 Å². The highest BCUT2D eigenvalue weighted by molar-refractivity contribution is 6.31. The van der Waals surface area contributed by atoms with Crippen LogP contribution in [0.25, 0.3) is 0 Å². The van der Waals surface area contributed by atoms with Gasteiger partial charge < -0.3 is 10.1 Å². The first-order valence-corrected chi connectivity index (χ1v) is 6.65. The summed E-state index contributed by atoms with van der Waals surface area (Å²) in [6.07, 6.45) is 0. The van der Waals surface area contributed by atoms with Crippen LogP contribution < -0.4 is 5.32 Å². The summed E-state index contributed by atoms with van der Waals surface area (Å²) in [4.78, 5) is 23.6. The van der Waals surface area contributed by atoms with Crippen molar-refractivity contribution in [2.45, 2.75) is 6.92 Å². The molecule has 0 unspecified atom stereocenters. The number of esters is 1. The second kappa shape index (κ2) is 6.41. The van der Waals surface area contributed by atoms with Crippen LogP contribution in [-0.4, -0.2) is 19.0 Å². The number of benzene rings is 2. The van der Waals surface area contributed by atoms with E-state index in [9.17, 15) is 9.59 Å². The molecule has 2 rings (SSSR count). The van der Waals surface area contributed by atoms with E-state index < -0.39 is 5.97 Å². The van der Waals surface area contributed by atoms with Gasteiger partial charge in [0, 0.05) is 16.3 Å². The maximum Gasteiger partial charge on any atom is 0.337 e. The molecule has 2 aromatic rings. The Morgan fingerprint density at radius 1 is 1.10 bits per heavy atom. The molecule has 0 atom stereocenters. The quantitative estimate of drug-likeness (QED) is 0.880. The maximum atomic E-state index is 12.2. The molecule has 1 N–H and O–H groups in total. The zero-order valence-corrected chi connectivity index (χ0v) is 12.4. The average Bonchev–Trinajstić information content (AvgIpc) is 2.49. The van der Waals surface area contributed by atoms with Crippen molar-refractivity contribution in [1.29, 1.82) is 0 Å². The first kappa shape index (κ1) is 15.1. The Balaban J connectivity index is 2.19. The molecule has 0 heterocycles. The molecule has 4 nitrogen and oxygen atoms in total. The van der Waals surface area contributed by atoms with Crippen molar-refractivity contribution in [2.24, 2.45) is 0 Å². The molecule has 0 aliphatic rings. The van der Waals surface area contributed by atoms with Gasteiger partial charge in [-0.25, -0.2) is 4.79 Å². The molecule has 0 aromatic heterocycles. The van der Waals surface area contributed by atoms with Crippen LogP contribution in [0, 0.1) is 6.92 Å². The fourth-order valence-corrected chi connectivity index (χ4v) is 1.95. The van der Waals surface area contributed by atoms with Gasteiger partial charge in [-0.15, -0.1) is 0 Å². The van der Waals surface area contributed by atoms with E-state index in [2.05, 4.69) is 10.1 Å². The Morgan fingerprint density at radius 3 is 2.52 bits per heavy atom. The summed E-state index contributed by atoms with van der Waals surface area (Å²) in [7, 11) is 1.31. The van der Waals surface area contributed by atoms with Crippen LogP contribution >= 0.6 is 11.6 Å². The van der Waals surface area contributed by atoms with Gasteiger partial charge in [0.2, 0.25) is 0 Å². The van der Waals surface area contributed by atoms with Gasteiger partial charge in [-0.05, 0) is 48.9 Å². The van der Waals surface area contributed by atoms with E-state index in [1.165, 1.54) is 7.11 Å². The maximum absolute atomic E-state index is 12.2. The number of carbonyl (C=O) groups is 2. The summed E-state index contributed by atoms with van der Waals surface area (Å²) in [5, 5.41) is 3.34. The van der Waals surface area contributed by atoms with Crippen LogP contribution in [-0.2, 0) is 4.74 Å². The van der Waals surface area contributed by atoms with E-state index in [0.717, 1.165) is 5.56 Å². The summed E-state index contributed by atoms with van der Waals surface area (Å²) < 4.78 is 4.64. The van der Waals surface area contributed by atoms with E-state index in [1.54, 1.807) is 42.5 Å². The molecule has 5 heteroatoms. The standard InChI is InChI=1S/C16H14ClNO3/c1-10-8-11(6-7-14(10)17)15(19)18-13-5-3-4-12(9-13)16(20)21-2/h3-9H,1-2H3,(H,18,19). The Bertz CT molecular complexity index is 698. The first-order valence-electron chi connectivity index (χ1n) is 6.27. The minimum atomic E-state index is -0.451. The lowest BCUT2D eigenvalue weighted by Gasteiger charge is -2.08. The van der Waals surface area contributed by atoms with Gasteiger partial charge in [0.05, 0.1) is 12.7 Å². The van der Waals surface area contributed by atoms with E-state index >= 15 is 0 Å². The number of rotatable bonds is 3. The van der Waals surface area contributed by atoms with E-state index in [4.69, 9.17) is 11.6 Å². The van der Waals surface area contributed by atoms with Gasteiger partial charge in [-0.1, -0.05) is 17.7 Å². The number of methoxy groups -OCH3 is 1. The van der Waals surface area contributed by atoms with E-state index in [1.807, 2.05) is 6.92 Å². The fourth-order valence-electron chi connectivity index (χ4n) is 1.83. The highest BCUT2D eigenvalue weighted by atomic mass is 35.5. The predicted octanol–water partition coefficient (Wildman–Crippen LogP) is 3.69. The van der Waals surface area contributed by atoms with Crippen molar-refractivity contribution >= 4 is 29.2 Å². The second-order valence-corrected chi connectivity index (χ2v) is 4.90. The highest BCUT2D eigenvalue weighted by Crippen LogP contribution is 2.18. The van der Waals surface area contributed by atoms with Crippen LogP contribution in [0.3, 0.4) is 0 Å². The molecule has 0 aliphatic heterocycles. The number of nitrogens with one attached hydrogen (secondary N) is 1. The largest absolute Gasteiger partial charge is 0.465 e. The molecule has 0 spiro atoms. The summed E-state index contributed by atoms with van der Waals surface area (Å²) in [5.74, 6) is -0.717. The zero-order valence-electron chi connectivity index (χ0n) is 11.6. The minimum Gasteiger partial charge on any atom is -0.465 e. The first-order chi connectivity index (χ1) is 10.0. The molecule has 0 saturated carbocycles. The number of halogens is 1. The molecule has 0 bridgehead atoms.